The Kier molecular flexibility index (Phi) is 4.66. The Balaban J connectivity index is 1.60. The number of hydrogen-bond acceptors (Lipinski definition) is 3. The molecule has 23 heavy (non-hydrogen) atoms. The second-order valence-corrected chi connectivity index (χ2v) is 6.81. The largest absolute Gasteiger partial charge is 0.350 e. The fourth-order valence-corrected chi connectivity index (χ4v) is 3.61. The zero-order chi connectivity index (χ0) is 16.4. The lowest BCUT2D eigenvalue weighted by molar-refractivity contribution is -0.122. The van der Waals surface area contributed by atoms with E-state index in [0.717, 1.165) is 42.5 Å². The van der Waals surface area contributed by atoms with Crippen LogP contribution in [0.2, 0.25) is 0 Å². The van der Waals surface area contributed by atoms with Crippen molar-refractivity contribution in [2.24, 2.45) is 11.7 Å². The molecule has 1 aliphatic carbocycles. The molecular formula is C18H25N3O2. The molecule has 4 N–H and O–H groups in total. The average molecular weight is 315 g/mol. The van der Waals surface area contributed by atoms with Crippen molar-refractivity contribution in [2.75, 3.05) is 5.32 Å². The number of carbonyl (C=O) groups is 2. The van der Waals surface area contributed by atoms with E-state index in [4.69, 9.17) is 5.73 Å². The van der Waals surface area contributed by atoms with E-state index in [-0.39, 0.29) is 23.9 Å². The first-order valence-corrected chi connectivity index (χ1v) is 8.50. The molecule has 5 heteroatoms. The maximum Gasteiger partial charge on any atom is 0.224 e. The van der Waals surface area contributed by atoms with Gasteiger partial charge in [0.15, 0.2) is 0 Å². The fourth-order valence-electron chi connectivity index (χ4n) is 3.61. The van der Waals surface area contributed by atoms with Crippen LogP contribution in [0.5, 0.6) is 0 Å². The van der Waals surface area contributed by atoms with E-state index in [1.165, 1.54) is 0 Å². The normalized spacial score (nSPS) is 24.7. The van der Waals surface area contributed by atoms with Crippen LogP contribution in [-0.2, 0) is 16.0 Å². The van der Waals surface area contributed by atoms with E-state index in [9.17, 15) is 9.59 Å². The first kappa shape index (κ1) is 16.0. The molecule has 3 rings (SSSR count). The summed E-state index contributed by atoms with van der Waals surface area (Å²) in [6.07, 6.45) is 5.02. The highest BCUT2D eigenvalue weighted by atomic mass is 16.2. The highest BCUT2D eigenvalue weighted by Gasteiger charge is 2.26. The van der Waals surface area contributed by atoms with Crippen molar-refractivity contribution in [3.8, 4) is 0 Å². The minimum Gasteiger partial charge on any atom is -0.350 e. The molecule has 1 saturated carbocycles. The van der Waals surface area contributed by atoms with Crippen molar-refractivity contribution in [3.63, 3.8) is 0 Å². The van der Waals surface area contributed by atoms with Gasteiger partial charge in [0.2, 0.25) is 11.8 Å². The van der Waals surface area contributed by atoms with Gasteiger partial charge in [0.25, 0.3) is 0 Å². The van der Waals surface area contributed by atoms with E-state index in [1.54, 1.807) is 0 Å². The minimum atomic E-state index is -0.0388. The van der Waals surface area contributed by atoms with Crippen molar-refractivity contribution >= 4 is 17.5 Å². The topological polar surface area (TPSA) is 84.2 Å². The SMILES string of the molecule is CC(NC(=O)C[C@@H]1CCC[C@H]1N)c1ccc2c(c1)CCC(=O)N2. The Hall–Kier alpha value is -1.88. The Morgan fingerprint density at radius 1 is 1.39 bits per heavy atom. The van der Waals surface area contributed by atoms with Gasteiger partial charge in [0.05, 0.1) is 6.04 Å². The van der Waals surface area contributed by atoms with E-state index in [0.29, 0.717) is 18.8 Å². The summed E-state index contributed by atoms with van der Waals surface area (Å²) in [5.41, 5.74) is 9.14. The number of benzene rings is 1. The summed E-state index contributed by atoms with van der Waals surface area (Å²) in [5, 5.41) is 5.96. The zero-order valence-electron chi connectivity index (χ0n) is 13.6. The lowest BCUT2D eigenvalue weighted by Crippen LogP contribution is -2.33. The van der Waals surface area contributed by atoms with Gasteiger partial charge in [0, 0.05) is 24.6 Å². The molecule has 0 radical (unpaired) electrons. The summed E-state index contributed by atoms with van der Waals surface area (Å²) in [7, 11) is 0. The summed E-state index contributed by atoms with van der Waals surface area (Å²) < 4.78 is 0. The third kappa shape index (κ3) is 3.72. The van der Waals surface area contributed by atoms with Gasteiger partial charge in [-0.2, -0.15) is 0 Å². The van der Waals surface area contributed by atoms with Crippen LogP contribution in [0.3, 0.4) is 0 Å². The Bertz CT molecular complexity index is 614. The van der Waals surface area contributed by atoms with Crippen LogP contribution >= 0.6 is 0 Å². The van der Waals surface area contributed by atoms with Crippen LogP contribution in [0, 0.1) is 5.92 Å². The number of hydrogen-bond donors (Lipinski definition) is 3. The molecule has 1 heterocycles. The molecule has 2 amide bonds. The van der Waals surface area contributed by atoms with Gasteiger partial charge >= 0.3 is 0 Å². The molecule has 124 valence electrons. The number of nitrogens with two attached hydrogens (primary N) is 1. The summed E-state index contributed by atoms with van der Waals surface area (Å²) in [5.74, 6) is 0.464. The van der Waals surface area contributed by atoms with Gasteiger partial charge in [-0.15, -0.1) is 0 Å². The molecule has 2 aliphatic rings. The van der Waals surface area contributed by atoms with E-state index in [1.807, 2.05) is 19.1 Å². The molecule has 1 unspecified atom stereocenters. The van der Waals surface area contributed by atoms with Gasteiger partial charge in [0.1, 0.15) is 0 Å². The Labute approximate surface area is 137 Å². The number of anilines is 1. The van der Waals surface area contributed by atoms with Crippen LogP contribution in [0.15, 0.2) is 18.2 Å². The highest BCUT2D eigenvalue weighted by molar-refractivity contribution is 5.93. The molecule has 3 atom stereocenters. The quantitative estimate of drug-likeness (QED) is 0.797. The Morgan fingerprint density at radius 3 is 2.96 bits per heavy atom. The molecule has 0 saturated heterocycles. The summed E-state index contributed by atoms with van der Waals surface area (Å²) in [6, 6.07) is 6.11. The molecule has 0 spiro atoms. The van der Waals surface area contributed by atoms with E-state index < -0.39 is 0 Å². The molecule has 0 bridgehead atoms. The molecular weight excluding hydrogens is 290 g/mol. The van der Waals surface area contributed by atoms with Crippen molar-refractivity contribution in [3.05, 3.63) is 29.3 Å². The lowest BCUT2D eigenvalue weighted by atomic mass is 9.97. The molecule has 1 aliphatic heterocycles. The third-order valence-electron chi connectivity index (χ3n) is 5.07. The van der Waals surface area contributed by atoms with E-state index >= 15 is 0 Å². The second-order valence-electron chi connectivity index (χ2n) is 6.81. The van der Waals surface area contributed by atoms with Crippen molar-refractivity contribution in [1.82, 2.24) is 5.32 Å². The molecule has 1 aromatic carbocycles. The van der Waals surface area contributed by atoms with Gasteiger partial charge in [-0.1, -0.05) is 18.6 Å². The smallest absolute Gasteiger partial charge is 0.224 e. The number of aryl methyl sites for hydroxylation is 1. The predicted octanol–water partition coefficient (Wildman–Crippen LogP) is 2.27. The van der Waals surface area contributed by atoms with Crippen LogP contribution in [0.25, 0.3) is 0 Å². The number of fused-ring (bicyclic) bond motifs is 1. The number of carbonyl (C=O) groups excluding carboxylic acids is 2. The monoisotopic (exact) mass is 315 g/mol. The molecule has 1 aromatic rings. The van der Waals surface area contributed by atoms with Crippen LogP contribution in [-0.4, -0.2) is 17.9 Å². The highest BCUT2D eigenvalue weighted by Crippen LogP contribution is 2.28. The van der Waals surface area contributed by atoms with Crippen molar-refractivity contribution in [1.29, 1.82) is 0 Å². The maximum atomic E-state index is 12.2. The first-order valence-electron chi connectivity index (χ1n) is 8.50. The van der Waals surface area contributed by atoms with Gasteiger partial charge < -0.3 is 16.4 Å². The van der Waals surface area contributed by atoms with E-state index in [2.05, 4.69) is 16.7 Å². The average Bonchev–Trinajstić information content (AvgIpc) is 2.91. The van der Waals surface area contributed by atoms with Crippen molar-refractivity contribution in [2.45, 2.75) is 57.5 Å². The lowest BCUT2D eigenvalue weighted by Gasteiger charge is -2.21. The van der Waals surface area contributed by atoms with Crippen molar-refractivity contribution < 1.29 is 9.59 Å². The maximum absolute atomic E-state index is 12.2. The van der Waals surface area contributed by atoms with Gasteiger partial charge in [-0.05, 0) is 49.3 Å². The Morgan fingerprint density at radius 2 is 2.22 bits per heavy atom. The fraction of sp³-hybridized carbons (Fsp3) is 0.556. The number of rotatable bonds is 4. The minimum absolute atomic E-state index is 0.0388. The molecule has 0 aromatic heterocycles. The van der Waals surface area contributed by atoms with Gasteiger partial charge in [-0.25, -0.2) is 0 Å². The summed E-state index contributed by atoms with van der Waals surface area (Å²) in [4.78, 5) is 23.6. The van der Waals surface area contributed by atoms with Gasteiger partial charge in [-0.3, -0.25) is 9.59 Å². The number of amides is 2. The van der Waals surface area contributed by atoms with Crippen LogP contribution < -0.4 is 16.4 Å². The standard InChI is InChI=1S/C18H25N3O2/c1-11(20-18(23)10-13-3-2-4-15(13)19)12-5-7-16-14(9-12)6-8-17(22)21-16/h5,7,9,11,13,15H,2-4,6,8,10,19H2,1H3,(H,20,23)(H,21,22)/t11?,13-,15+/m0/s1. The summed E-state index contributed by atoms with van der Waals surface area (Å²) in [6.45, 7) is 2.00. The van der Waals surface area contributed by atoms with Crippen LogP contribution in [0.4, 0.5) is 5.69 Å². The third-order valence-corrected chi connectivity index (χ3v) is 5.07. The second kappa shape index (κ2) is 6.71. The summed E-state index contributed by atoms with van der Waals surface area (Å²) >= 11 is 0. The molecule has 1 fully saturated rings. The zero-order valence-corrected chi connectivity index (χ0v) is 13.6. The predicted molar refractivity (Wildman–Crippen MR) is 89.9 cm³/mol. The first-order chi connectivity index (χ1) is 11.0. The molecule has 5 nitrogen and oxygen atoms in total. The van der Waals surface area contributed by atoms with Crippen LogP contribution in [0.1, 0.15) is 56.2 Å². The number of nitrogens with one attached hydrogen (secondary N) is 2.